The zero-order chi connectivity index (χ0) is 28.4. The van der Waals surface area contributed by atoms with Gasteiger partial charge in [0.05, 0.1) is 30.6 Å². The smallest absolute Gasteiger partial charge is 0.407 e. The van der Waals surface area contributed by atoms with E-state index in [0.717, 1.165) is 5.69 Å². The van der Waals surface area contributed by atoms with Crippen LogP contribution in [0.1, 0.15) is 35.5 Å². The molecule has 0 radical (unpaired) electrons. The Balaban J connectivity index is 1.51. The van der Waals surface area contributed by atoms with Crippen molar-refractivity contribution >= 4 is 23.6 Å². The van der Waals surface area contributed by atoms with Gasteiger partial charge in [0.1, 0.15) is 36.0 Å². The third-order valence-corrected chi connectivity index (χ3v) is 6.80. The molecule has 40 heavy (non-hydrogen) atoms. The highest BCUT2D eigenvalue weighted by atomic mass is 16.5. The lowest BCUT2D eigenvalue weighted by atomic mass is 10.1. The minimum absolute atomic E-state index is 0.0710. The van der Waals surface area contributed by atoms with Gasteiger partial charge >= 0.3 is 6.09 Å². The summed E-state index contributed by atoms with van der Waals surface area (Å²) >= 11 is 0. The van der Waals surface area contributed by atoms with Crippen LogP contribution < -0.4 is 19.9 Å². The average molecular weight is 543 g/mol. The molecular formula is C28H30N8O4. The highest BCUT2D eigenvalue weighted by Gasteiger charge is 2.34. The minimum atomic E-state index is -0.576. The molecule has 0 atom stereocenters. The molecule has 1 aliphatic rings. The van der Waals surface area contributed by atoms with Crippen molar-refractivity contribution in [1.29, 1.82) is 0 Å². The fraction of sp³-hybridized carbons (Fsp3) is 0.286. The van der Waals surface area contributed by atoms with E-state index in [2.05, 4.69) is 15.5 Å². The van der Waals surface area contributed by atoms with Crippen LogP contribution in [0.5, 0.6) is 5.75 Å². The van der Waals surface area contributed by atoms with E-state index in [0.29, 0.717) is 45.7 Å². The van der Waals surface area contributed by atoms with Gasteiger partial charge in [0.15, 0.2) is 5.82 Å². The molecule has 0 unspecified atom stereocenters. The van der Waals surface area contributed by atoms with Crippen molar-refractivity contribution in [1.82, 2.24) is 30.0 Å². The predicted molar refractivity (Wildman–Crippen MR) is 149 cm³/mol. The molecule has 12 nitrogen and oxygen atoms in total. The second-order valence-electron chi connectivity index (χ2n) is 9.45. The number of hydrogen-bond acceptors (Lipinski definition) is 9. The molecule has 0 saturated heterocycles. The summed E-state index contributed by atoms with van der Waals surface area (Å²) in [5.41, 5.74) is 3.00. The predicted octanol–water partition coefficient (Wildman–Crippen LogP) is 3.59. The number of ether oxygens (including phenoxy) is 2. The number of amides is 2. The lowest BCUT2D eigenvalue weighted by molar-refractivity contribution is 0.0996. The number of fused-ring (bicyclic) bond motifs is 1. The highest BCUT2D eigenvalue weighted by Crippen LogP contribution is 2.33. The van der Waals surface area contributed by atoms with E-state index in [1.54, 1.807) is 35.0 Å². The molecule has 0 aliphatic carbocycles. The Kier molecular flexibility index (Phi) is 7.32. The van der Waals surface area contributed by atoms with Gasteiger partial charge in [-0.15, -0.1) is 10.2 Å². The molecule has 2 amide bonds. The molecule has 0 saturated carbocycles. The van der Waals surface area contributed by atoms with Crippen LogP contribution in [0, 0.1) is 0 Å². The number of carbonyl (C=O) groups excluding carboxylic acids is 2. The van der Waals surface area contributed by atoms with E-state index in [4.69, 9.17) is 19.4 Å². The van der Waals surface area contributed by atoms with Crippen molar-refractivity contribution in [3.05, 3.63) is 71.7 Å². The van der Waals surface area contributed by atoms with Crippen molar-refractivity contribution in [3.63, 3.8) is 0 Å². The number of pyridine rings is 2. The van der Waals surface area contributed by atoms with Gasteiger partial charge in [0.25, 0.3) is 5.91 Å². The molecule has 4 aromatic rings. The van der Waals surface area contributed by atoms with Crippen LogP contribution in [0.3, 0.4) is 0 Å². The van der Waals surface area contributed by atoms with Gasteiger partial charge in [-0.05, 0) is 44.2 Å². The molecule has 1 N–H and O–H groups in total. The van der Waals surface area contributed by atoms with Crippen molar-refractivity contribution in [2.45, 2.75) is 33.0 Å². The van der Waals surface area contributed by atoms with E-state index < -0.39 is 6.09 Å². The number of aromatic nitrogens is 5. The van der Waals surface area contributed by atoms with Crippen LogP contribution in [0.2, 0.25) is 0 Å². The van der Waals surface area contributed by atoms with Crippen LogP contribution in [0.4, 0.5) is 16.4 Å². The summed E-state index contributed by atoms with van der Waals surface area (Å²) in [7, 11) is 5.00. The van der Waals surface area contributed by atoms with Crippen LogP contribution in [0.25, 0.3) is 17.2 Å². The van der Waals surface area contributed by atoms with Crippen LogP contribution in [-0.4, -0.2) is 64.0 Å². The molecule has 1 aromatic carbocycles. The van der Waals surface area contributed by atoms with Gasteiger partial charge in [-0.1, -0.05) is 18.2 Å². The number of anilines is 2. The molecular weight excluding hydrogens is 512 g/mol. The van der Waals surface area contributed by atoms with Crippen molar-refractivity contribution < 1.29 is 19.1 Å². The monoisotopic (exact) mass is 542 g/mol. The summed E-state index contributed by atoms with van der Waals surface area (Å²) in [6.45, 7) is 4.22. The van der Waals surface area contributed by atoms with Gasteiger partial charge in [-0.2, -0.15) is 0 Å². The molecule has 4 heterocycles. The second-order valence-corrected chi connectivity index (χ2v) is 9.45. The first-order chi connectivity index (χ1) is 19.3. The van der Waals surface area contributed by atoms with E-state index in [9.17, 15) is 9.59 Å². The number of nitrogens with zero attached hydrogens (tertiary/aromatic N) is 7. The lowest BCUT2D eigenvalue weighted by Crippen LogP contribution is -2.27. The van der Waals surface area contributed by atoms with Crippen molar-refractivity contribution in [2.24, 2.45) is 0 Å². The average Bonchev–Trinajstić information content (AvgIpc) is 3.60. The van der Waals surface area contributed by atoms with Crippen LogP contribution in [-0.2, 0) is 17.9 Å². The van der Waals surface area contributed by atoms with Gasteiger partial charge in [0, 0.05) is 25.7 Å². The fourth-order valence-electron chi connectivity index (χ4n) is 4.42. The number of hydrogen-bond donors (Lipinski definition) is 1. The molecule has 5 rings (SSSR count). The number of alkyl carbamates (subject to hydrolysis) is 1. The highest BCUT2D eigenvalue weighted by molar-refractivity contribution is 6.10. The maximum Gasteiger partial charge on any atom is 0.407 e. The third kappa shape index (κ3) is 4.91. The quantitative estimate of drug-likeness (QED) is 0.355. The zero-order valence-corrected chi connectivity index (χ0v) is 23.0. The Hall–Kier alpha value is -5.00. The first-order valence-corrected chi connectivity index (χ1v) is 12.7. The van der Waals surface area contributed by atoms with Gasteiger partial charge in [-0.3, -0.25) is 14.3 Å². The van der Waals surface area contributed by atoms with Crippen LogP contribution in [0.15, 0.2) is 54.9 Å². The number of carbonyl (C=O) groups is 2. The van der Waals surface area contributed by atoms with E-state index >= 15 is 0 Å². The van der Waals surface area contributed by atoms with E-state index in [1.807, 2.05) is 62.2 Å². The molecule has 0 spiro atoms. The summed E-state index contributed by atoms with van der Waals surface area (Å²) in [6.07, 6.45) is 1.02. The first-order valence-electron chi connectivity index (χ1n) is 12.7. The molecule has 3 aromatic heterocycles. The number of nitrogens with one attached hydrogen (secondary N) is 1. The lowest BCUT2D eigenvalue weighted by Gasteiger charge is -2.23. The van der Waals surface area contributed by atoms with Gasteiger partial charge < -0.3 is 19.7 Å². The fourth-order valence-corrected chi connectivity index (χ4v) is 4.42. The zero-order valence-electron chi connectivity index (χ0n) is 23.0. The third-order valence-electron chi connectivity index (χ3n) is 6.80. The van der Waals surface area contributed by atoms with Gasteiger partial charge in [-0.25, -0.2) is 14.8 Å². The number of para-hydroxylation sites is 2. The number of benzene rings is 1. The maximum atomic E-state index is 13.7. The SMILES string of the molecule is CNC(=O)OCc1nc(N(C)C(C)C)cc2c1CN(c1cccc(-c3nncn3-c3ccccc3OC)n1)C2=O. The van der Waals surface area contributed by atoms with Crippen molar-refractivity contribution in [2.75, 3.05) is 31.0 Å². The largest absolute Gasteiger partial charge is 0.495 e. The normalized spacial score (nSPS) is 12.4. The Morgan fingerprint density at radius 3 is 2.70 bits per heavy atom. The molecule has 12 heteroatoms. The topological polar surface area (TPSA) is 128 Å². The molecule has 206 valence electrons. The summed E-state index contributed by atoms with van der Waals surface area (Å²) in [5.74, 6) is 2.01. The van der Waals surface area contributed by atoms with E-state index in [-0.39, 0.29) is 25.1 Å². The number of methoxy groups -OCH3 is 1. The Morgan fingerprint density at radius 1 is 1.15 bits per heavy atom. The Bertz CT molecular complexity index is 1570. The Labute approximate surface area is 231 Å². The number of rotatable bonds is 8. The maximum absolute atomic E-state index is 13.7. The second kappa shape index (κ2) is 11.0. The standard InChI is InChI=1S/C28H30N8O4/c1-17(2)34(4)25-13-18-19(21(32-25)15-40-28(38)29-3)14-35(27(18)37)24-12-8-9-20(31-24)26-33-30-16-36(26)22-10-6-7-11-23(22)39-5/h6-13,16-17H,14-15H2,1-5H3,(H,29,38). The molecule has 0 fully saturated rings. The molecule has 0 bridgehead atoms. The first kappa shape index (κ1) is 26.6. The van der Waals surface area contributed by atoms with Crippen molar-refractivity contribution in [3.8, 4) is 23.0 Å². The van der Waals surface area contributed by atoms with E-state index in [1.165, 1.54) is 7.05 Å². The summed E-state index contributed by atoms with van der Waals surface area (Å²) in [4.78, 5) is 38.6. The minimum Gasteiger partial charge on any atom is -0.495 e. The van der Waals surface area contributed by atoms with Crippen LogP contribution >= 0.6 is 0 Å². The molecule has 1 aliphatic heterocycles. The summed E-state index contributed by atoms with van der Waals surface area (Å²) in [5, 5.41) is 10.8. The van der Waals surface area contributed by atoms with Gasteiger partial charge in [0.2, 0.25) is 0 Å². The summed E-state index contributed by atoms with van der Waals surface area (Å²) in [6, 6.07) is 14.9. The Morgan fingerprint density at radius 2 is 1.95 bits per heavy atom. The summed E-state index contributed by atoms with van der Waals surface area (Å²) < 4.78 is 12.6.